The van der Waals surface area contributed by atoms with Crippen LogP contribution in [0.1, 0.15) is 24.2 Å². The highest BCUT2D eigenvalue weighted by molar-refractivity contribution is 5.92. The summed E-state index contributed by atoms with van der Waals surface area (Å²) in [5.74, 6) is 0.630. The molecule has 5 nitrogen and oxygen atoms in total. The number of benzene rings is 3. The van der Waals surface area contributed by atoms with Crippen molar-refractivity contribution in [2.45, 2.75) is 26.3 Å². The van der Waals surface area contributed by atoms with Crippen LogP contribution in [0, 0.1) is 18.7 Å². The third-order valence-electron chi connectivity index (χ3n) is 6.28. The largest absolute Gasteiger partial charge is 0.326 e. The van der Waals surface area contributed by atoms with Crippen LogP contribution in [0.4, 0.5) is 10.1 Å². The zero-order valence-electron chi connectivity index (χ0n) is 18.7. The van der Waals surface area contributed by atoms with E-state index in [4.69, 9.17) is 4.98 Å². The topological polar surface area (TPSA) is 50.2 Å². The van der Waals surface area contributed by atoms with Crippen LogP contribution in [0.25, 0.3) is 16.7 Å². The van der Waals surface area contributed by atoms with Crippen molar-refractivity contribution in [1.29, 1.82) is 0 Å². The molecule has 0 saturated carbocycles. The van der Waals surface area contributed by atoms with Gasteiger partial charge in [0.05, 0.1) is 23.5 Å². The first-order chi connectivity index (χ1) is 16.1. The van der Waals surface area contributed by atoms with Crippen LogP contribution < -0.4 is 5.32 Å². The van der Waals surface area contributed by atoms with Gasteiger partial charge in [-0.1, -0.05) is 29.8 Å². The first-order valence-electron chi connectivity index (χ1n) is 11.4. The lowest BCUT2D eigenvalue weighted by atomic mass is 9.97. The molecule has 4 aromatic rings. The Hall–Kier alpha value is -3.51. The number of aryl methyl sites for hydroxylation is 1. The predicted octanol–water partition coefficient (Wildman–Crippen LogP) is 5.32. The lowest BCUT2D eigenvalue weighted by Gasteiger charge is -2.31. The molecular weight excluding hydrogens is 415 g/mol. The van der Waals surface area contributed by atoms with E-state index in [1.54, 1.807) is 12.1 Å². The number of imidazole rings is 1. The molecule has 1 saturated heterocycles. The van der Waals surface area contributed by atoms with Gasteiger partial charge in [0.1, 0.15) is 11.6 Å². The Morgan fingerprint density at radius 1 is 1.06 bits per heavy atom. The van der Waals surface area contributed by atoms with Crippen LogP contribution in [0.3, 0.4) is 0 Å². The van der Waals surface area contributed by atoms with Crippen LogP contribution >= 0.6 is 0 Å². The fraction of sp³-hybridized carbons (Fsp3) is 0.259. The molecule has 0 radical (unpaired) electrons. The second-order valence-electron chi connectivity index (χ2n) is 8.76. The molecular formula is C27H27FN4O. The number of fused-ring (bicyclic) bond motifs is 1. The summed E-state index contributed by atoms with van der Waals surface area (Å²) in [6, 6.07) is 22.4. The molecule has 1 amide bonds. The number of halogens is 1. The summed E-state index contributed by atoms with van der Waals surface area (Å²) < 4.78 is 15.6. The summed E-state index contributed by atoms with van der Waals surface area (Å²) >= 11 is 0. The number of para-hydroxylation sites is 2. The molecule has 1 atom stereocenters. The van der Waals surface area contributed by atoms with Gasteiger partial charge in [0, 0.05) is 17.9 Å². The van der Waals surface area contributed by atoms with Crippen molar-refractivity contribution in [3.8, 4) is 5.69 Å². The maximum Gasteiger partial charge on any atom is 0.228 e. The van der Waals surface area contributed by atoms with Gasteiger partial charge in [-0.15, -0.1) is 0 Å². The number of piperidine rings is 1. The molecule has 2 heterocycles. The number of likely N-dealkylation sites (tertiary alicyclic amines) is 1. The zero-order valence-corrected chi connectivity index (χ0v) is 18.7. The molecule has 1 aliphatic rings. The van der Waals surface area contributed by atoms with Crippen molar-refractivity contribution in [1.82, 2.24) is 14.5 Å². The van der Waals surface area contributed by atoms with Gasteiger partial charge in [-0.3, -0.25) is 14.3 Å². The average Bonchev–Trinajstić information content (AvgIpc) is 3.19. The second kappa shape index (κ2) is 9.16. The van der Waals surface area contributed by atoms with E-state index >= 15 is 0 Å². The van der Waals surface area contributed by atoms with Gasteiger partial charge in [0.25, 0.3) is 0 Å². The van der Waals surface area contributed by atoms with Gasteiger partial charge in [0.15, 0.2) is 0 Å². The normalized spacial score (nSPS) is 16.7. The lowest BCUT2D eigenvalue weighted by molar-refractivity contribution is -0.121. The maximum atomic E-state index is 13.5. The summed E-state index contributed by atoms with van der Waals surface area (Å²) in [6.07, 6.45) is 1.84. The van der Waals surface area contributed by atoms with E-state index in [1.165, 1.54) is 17.7 Å². The van der Waals surface area contributed by atoms with Crippen LogP contribution in [0.15, 0.2) is 72.8 Å². The van der Waals surface area contributed by atoms with E-state index in [1.807, 2.05) is 55.5 Å². The molecule has 5 rings (SSSR count). The first kappa shape index (κ1) is 21.3. The number of hydrogen-bond acceptors (Lipinski definition) is 3. The molecule has 0 spiro atoms. The molecule has 1 aliphatic heterocycles. The van der Waals surface area contributed by atoms with Gasteiger partial charge in [-0.05, 0) is 74.8 Å². The molecule has 1 aromatic heterocycles. The number of anilines is 1. The Morgan fingerprint density at radius 3 is 2.61 bits per heavy atom. The summed E-state index contributed by atoms with van der Waals surface area (Å²) in [6.45, 7) is 4.26. The van der Waals surface area contributed by atoms with Crippen molar-refractivity contribution in [2.75, 3.05) is 18.4 Å². The van der Waals surface area contributed by atoms with Crippen LogP contribution in [0.5, 0.6) is 0 Å². The van der Waals surface area contributed by atoms with Gasteiger partial charge in [-0.2, -0.15) is 0 Å². The number of nitrogens with one attached hydrogen (secondary N) is 1. The molecule has 1 fully saturated rings. The van der Waals surface area contributed by atoms with Crippen LogP contribution in [-0.2, 0) is 11.3 Å². The number of amides is 1. The number of hydrogen-bond donors (Lipinski definition) is 1. The number of aromatic nitrogens is 2. The molecule has 6 heteroatoms. The van der Waals surface area contributed by atoms with Gasteiger partial charge in [-0.25, -0.2) is 9.37 Å². The van der Waals surface area contributed by atoms with Gasteiger partial charge < -0.3 is 5.32 Å². The maximum absolute atomic E-state index is 13.5. The smallest absolute Gasteiger partial charge is 0.228 e. The number of rotatable bonds is 5. The van der Waals surface area contributed by atoms with Gasteiger partial charge in [0.2, 0.25) is 5.91 Å². The van der Waals surface area contributed by atoms with E-state index in [2.05, 4.69) is 14.8 Å². The summed E-state index contributed by atoms with van der Waals surface area (Å²) in [5, 5.41) is 3.07. The fourth-order valence-corrected chi connectivity index (χ4v) is 4.55. The minimum Gasteiger partial charge on any atom is -0.326 e. The predicted molar refractivity (Wildman–Crippen MR) is 129 cm³/mol. The lowest BCUT2D eigenvalue weighted by Crippen LogP contribution is -2.40. The monoisotopic (exact) mass is 442 g/mol. The minimum absolute atomic E-state index is 0.0654. The van der Waals surface area contributed by atoms with Crippen molar-refractivity contribution < 1.29 is 9.18 Å². The molecule has 33 heavy (non-hydrogen) atoms. The zero-order chi connectivity index (χ0) is 22.8. The molecule has 0 aliphatic carbocycles. The summed E-state index contributed by atoms with van der Waals surface area (Å²) in [4.78, 5) is 20.1. The standard InChI is InChI=1S/C27H27FN4O/c1-19-8-12-22(13-9-19)29-27(33)20-5-4-16-31(17-20)18-26-30-24-6-2-3-7-25(24)32(26)23-14-10-21(28)11-15-23/h2-3,6-15,20H,4-5,16-18H2,1H3,(H,29,33)/t20-/m1/s1. The molecule has 0 bridgehead atoms. The third-order valence-corrected chi connectivity index (χ3v) is 6.28. The van der Waals surface area contributed by atoms with Crippen LogP contribution in [0.2, 0.25) is 0 Å². The Kier molecular flexibility index (Phi) is 5.92. The van der Waals surface area contributed by atoms with E-state index in [0.29, 0.717) is 13.1 Å². The molecule has 3 aromatic carbocycles. The first-order valence-corrected chi connectivity index (χ1v) is 11.4. The third kappa shape index (κ3) is 4.66. The fourth-order valence-electron chi connectivity index (χ4n) is 4.55. The van der Waals surface area contributed by atoms with Crippen molar-refractivity contribution >= 4 is 22.6 Å². The Balaban J connectivity index is 1.36. The SMILES string of the molecule is Cc1ccc(NC(=O)[C@@H]2CCCN(Cc3nc4ccccc4n3-c3ccc(F)cc3)C2)cc1. The number of carbonyl (C=O) groups is 1. The Morgan fingerprint density at radius 2 is 1.82 bits per heavy atom. The van der Waals surface area contributed by atoms with Gasteiger partial charge >= 0.3 is 0 Å². The number of carbonyl (C=O) groups excluding carboxylic acids is 1. The molecule has 0 unspecified atom stereocenters. The second-order valence-corrected chi connectivity index (χ2v) is 8.76. The Bertz CT molecular complexity index is 1260. The van der Waals surface area contributed by atoms with E-state index in [9.17, 15) is 9.18 Å². The van der Waals surface area contributed by atoms with E-state index in [0.717, 1.165) is 47.6 Å². The van der Waals surface area contributed by atoms with Crippen molar-refractivity contribution in [3.63, 3.8) is 0 Å². The van der Waals surface area contributed by atoms with Crippen LogP contribution in [-0.4, -0.2) is 33.4 Å². The molecule has 168 valence electrons. The number of nitrogens with zero attached hydrogens (tertiary/aromatic N) is 3. The molecule has 1 N–H and O–H groups in total. The Labute approximate surface area is 192 Å². The van der Waals surface area contributed by atoms with Crippen molar-refractivity contribution in [2.24, 2.45) is 5.92 Å². The van der Waals surface area contributed by atoms with Crippen molar-refractivity contribution in [3.05, 3.63) is 90.0 Å². The highest BCUT2D eigenvalue weighted by Crippen LogP contribution is 2.25. The average molecular weight is 443 g/mol. The minimum atomic E-state index is -0.261. The highest BCUT2D eigenvalue weighted by atomic mass is 19.1. The van der Waals surface area contributed by atoms with E-state index in [-0.39, 0.29) is 17.6 Å². The van der Waals surface area contributed by atoms with E-state index < -0.39 is 0 Å². The quantitative estimate of drug-likeness (QED) is 0.455. The summed E-state index contributed by atoms with van der Waals surface area (Å²) in [5.41, 5.74) is 4.78. The summed E-state index contributed by atoms with van der Waals surface area (Å²) in [7, 11) is 0. The highest BCUT2D eigenvalue weighted by Gasteiger charge is 2.27.